The summed E-state index contributed by atoms with van der Waals surface area (Å²) in [7, 11) is 0. The molecule has 0 amide bonds. The minimum absolute atomic E-state index is 0.0414. The lowest BCUT2D eigenvalue weighted by Gasteiger charge is -2.30. The third-order valence-electron chi connectivity index (χ3n) is 8.00. The number of nitrogens with zero attached hydrogens (tertiary/aromatic N) is 4. The van der Waals surface area contributed by atoms with Crippen molar-refractivity contribution in [2.45, 2.75) is 31.7 Å². The van der Waals surface area contributed by atoms with Crippen LogP contribution in [-0.4, -0.2) is 22.6 Å². The van der Waals surface area contributed by atoms with Gasteiger partial charge in [0.1, 0.15) is 11.5 Å². The standard InChI is InChI=1S/C31H25FN4O3S/c32-22-11-8-21(9-12-22)29-24-13-10-20-5-1-2-6-23(20)28(24)33-31-35(29)30(37)27(40-31)18-19-7-14-25(26(17-19)36(38)39)34-15-3-4-16-34/h1-2,5-9,11-12,14,17-18,29H,3-4,10,13,15-16H2. The van der Waals surface area contributed by atoms with Crippen molar-refractivity contribution in [1.82, 2.24) is 4.57 Å². The highest BCUT2D eigenvalue weighted by Gasteiger charge is 2.32. The Bertz CT molecular complexity index is 1880. The molecule has 200 valence electrons. The average molecular weight is 553 g/mol. The zero-order chi connectivity index (χ0) is 27.4. The smallest absolute Gasteiger partial charge is 0.293 e. The van der Waals surface area contributed by atoms with Crippen LogP contribution in [0.2, 0.25) is 0 Å². The Kier molecular flexibility index (Phi) is 5.96. The number of halogens is 1. The zero-order valence-corrected chi connectivity index (χ0v) is 22.4. The first-order valence-corrected chi connectivity index (χ1v) is 14.2. The predicted molar refractivity (Wildman–Crippen MR) is 154 cm³/mol. The van der Waals surface area contributed by atoms with Crippen molar-refractivity contribution in [3.63, 3.8) is 0 Å². The SMILES string of the molecule is O=c1c(=Cc2ccc(N3CCCC3)c([N+](=O)[O-])c2)sc2n1C(c1ccc(F)cc1)C1=C(N=2)c2ccccc2CC1. The molecule has 1 aliphatic carbocycles. The van der Waals surface area contributed by atoms with Crippen LogP contribution in [0.4, 0.5) is 15.8 Å². The topological polar surface area (TPSA) is 80.7 Å². The number of allylic oxidation sites excluding steroid dienone is 1. The van der Waals surface area contributed by atoms with E-state index in [0.29, 0.717) is 20.6 Å². The number of hydrogen-bond acceptors (Lipinski definition) is 6. The lowest BCUT2D eigenvalue weighted by Crippen LogP contribution is -2.38. The van der Waals surface area contributed by atoms with Crippen molar-refractivity contribution in [3.05, 3.63) is 130 Å². The van der Waals surface area contributed by atoms with E-state index in [2.05, 4.69) is 12.1 Å². The Morgan fingerprint density at radius 1 is 1.02 bits per heavy atom. The molecule has 7 rings (SSSR count). The van der Waals surface area contributed by atoms with Crippen molar-refractivity contribution in [2.75, 3.05) is 18.0 Å². The maximum atomic E-state index is 13.9. The van der Waals surface area contributed by atoms with Crippen LogP contribution in [0.3, 0.4) is 0 Å². The molecule has 1 saturated heterocycles. The molecule has 3 heterocycles. The minimum atomic E-state index is -0.408. The number of rotatable bonds is 4. The quantitative estimate of drug-likeness (QED) is 0.265. The molecule has 3 aromatic carbocycles. The fourth-order valence-corrected chi connectivity index (χ4v) is 7.12. The van der Waals surface area contributed by atoms with Crippen LogP contribution in [0, 0.1) is 15.9 Å². The normalized spacial score (nSPS) is 18.3. The van der Waals surface area contributed by atoms with Gasteiger partial charge in [-0.05, 0) is 72.2 Å². The van der Waals surface area contributed by atoms with E-state index in [1.54, 1.807) is 34.9 Å². The molecule has 9 heteroatoms. The number of thiazole rings is 1. The minimum Gasteiger partial charge on any atom is -0.366 e. The molecule has 1 fully saturated rings. The zero-order valence-electron chi connectivity index (χ0n) is 21.5. The van der Waals surface area contributed by atoms with Crippen LogP contribution >= 0.6 is 11.3 Å². The van der Waals surface area contributed by atoms with Gasteiger partial charge in [-0.1, -0.05) is 53.8 Å². The summed E-state index contributed by atoms with van der Waals surface area (Å²) in [6.07, 6.45) is 5.32. The van der Waals surface area contributed by atoms with Crippen molar-refractivity contribution in [1.29, 1.82) is 0 Å². The summed E-state index contributed by atoms with van der Waals surface area (Å²) >= 11 is 1.27. The van der Waals surface area contributed by atoms with E-state index in [9.17, 15) is 19.3 Å². The molecule has 40 heavy (non-hydrogen) atoms. The predicted octanol–water partition coefficient (Wildman–Crippen LogP) is 4.97. The lowest BCUT2D eigenvalue weighted by molar-refractivity contribution is -0.384. The molecule has 1 atom stereocenters. The van der Waals surface area contributed by atoms with E-state index in [0.717, 1.165) is 61.2 Å². The van der Waals surface area contributed by atoms with E-state index in [-0.39, 0.29) is 22.0 Å². The first kappa shape index (κ1) is 24.7. The molecule has 0 N–H and O–H groups in total. The van der Waals surface area contributed by atoms with E-state index in [4.69, 9.17) is 4.99 Å². The molecular formula is C31H25FN4O3S. The Morgan fingerprint density at radius 2 is 1.80 bits per heavy atom. The highest BCUT2D eigenvalue weighted by molar-refractivity contribution is 7.07. The molecule has 1 unspecified atom stereocenters. The second-order valence-electron chi connectivity index (χ2n) is 10.4. The van der Waals surface area contributed by atoms with Crippen molar-refractivity contribution in [2.24, 2.45) is 4.99 Å². The third kappa shape index (κ3) is 4.08. The number of fused-ring (bicyclic) bond motifs is 3. The van der Waals surface area contributed by atoms with Gasteiger partial charge in [-0.25, -0.2) is 9.38 Å². The van der Waals surface area contributed by atoms with Crippen molar-refractivity contribution < 1.29 is 9.31 Å². The van der Waals surface area contributed by atoms with Crippen LogP contribution in [0.5, 0.6) is 0 Å². The van der Waals surface area contributed by atoms with Gasteiger partial charge in [0, 0.05) is 24.7 Å². The number of hydrogen-bond donors (Lipinski definition) is 0. The van der Waals surface area contributed by atoms with Crippen LogP contribution in [0.1, 0.15) is 47.6 Å². The van der Waals surface area contributed by atoms with Gasteiger partial charge in [-0.15, -0.1) is 0 Å². The number of benzene rings is 3. The van der Waals surface area contributed by atoms with Gasteiger partial charge in [0.25, 0.3) is 11.2 Å². The second-order valence-corrected chi connectivity index (χ2v) is 11.4. The van der Waals surface area contributed by atoms with Crippen LogP contribution in [0.25, 0.3) is 11.8 Å². The Morgan fingerprint density at radius 3 is 2.58 bits per heavy atom. The van der Waals surface area contributed by atoms with Gasteiger partial charge in [-0.2, -0.15) is 0 Å². The first-order valence-electron chi connectivity index (χ1n) is 13.4. The highest BCUT2D eigenvalue weighted by atomic mass is 32.1. The molecule has 2 aliphatic heterocycles. The van der Waals surface area contributed by atoms with E-state index < -0.39 is 6.04 Å². The summed E-state index contributed by atoms with van der Waals surface area (Å²) in [5, 5.41) is 11.9. The van der Waals surface area contributed by atoms with Gasteiger partial charge >= 0.3 is 0 Å². The van der Waals surface area contributed by atoms with Gasteiger partial charge in [0.2, 0.25) is 0 Å². The monoisotopic (exact) mass is 552 g/mol. The highest BCUT2D eigenvalue weighted by Crippen LogP contribution is 2.41. The molecule has 4 aromatic rings. The molecule has 0 spiro atoms. The van der Waals surface area contributed by atoms with E-state index in [1.807, 2.05) is 23.1 Å². The van der Waals surface area contributed by atoms with Gasteiger partial charge < -0.3 is 4.90 Å². The van der Waals surface area contributed by atoms with Gasteiger partial charge in [0.05, 0.1) is 21.2 Å². The van der Waals surface area contributed by atoms with Gasteiger partial charge in [-0.3, -0.25) is 19.5 Å². The number of nitro benzene ring substituents is 1. The second kappa shape index (κ2) is 9.67. The Balaban J connectivity index is 1.40. The average Bonchev–Trinajstić information content (AvgIpc) is 3.61. The number of aryl methyl sites for hydroxylation is 1. The van der Waals surface area contributed by atoms with Crippen LogP contribution in [0.15, 0.2) is 82.1 Å². The summed E-state index contributed by atoms with van der Waals surface area (Å²) < 4.78 is 16.0. The summed E-state index contributed by atoms with van der Waals surface area (Å²) in [5.41, 5.74) is 6.03. The molecular weight excluding hydrogens is 527 g/mol. The third-order valence-corrected chi connectivity index (χ3v) is 8.98. The number of nitro groups is 1. The molecule has 0 saturated carbocycles. The fraction of sp³-hybridized carbons (Fsp3) is 0.226. The summed E-state index contributed by atoms with van der Waals surface area (Å²) in [6, 6.07) is 19.2. The first-order chi connectivity index (χ1) is 19.5. The van der Waals surface area contributed by atoms with Crippen LogP contribution < -0.4 is 19.8 Å². The Labute approximate surface area is 233 Å². The van der Waals surface area contributed by atoms with Gasteiger partial charge in [0.15, 0.2) is 4.80 Å². The molecule has 3 aliphatic rings. The maximum absolute atomic E-state index is 13.9. The van der Waals surface area contributed by atoms with Crippen molar-refractivity contribution >= 4 is 34.5 Å². The summed E-state index contributed by atoms with van der Waals surface area (Å²) in [5.74, 6) is -0.335. The summed E-state index contributed by atoms with van der Waals surface area (Å²) in [6.45, 7) is 1.60. The number of anilines is 1. The van der Waals surface area contributed by atoms with E-state index >= 15 is 0 Å². The molecule has 0 radical (unpaired) electrons. The van der Waals surface area contributed by atoms with Crippen molar-refractivity contribution in [3.8, 4) is 0 Å². The lowest BCUT2D eigenvalue weighted by atomic mass is 9.83. The van der Waals surface area contributed by atoms with Crippen LogP contribution in [-0.2, 0) is 6.42 Å². The maximum Gasteiger partial charge on any atom is 0.293 e. The van der Waals surface area contributed by atoms with E-state index in [1.165, 1.54) is 29.0 Å². The molecule has 7 nitrogen and oxygen atoms in total. The number of aromatic nitrogens is 1. The molecule has 0 bridgehead atoms. The summed E-state index contributed by atoms with van der Waals surface area (Å²) in [4.78, 5) is 33.1. The fourth-order valence-electron chi connectivity index (χ4n) is 6.12. The molecule has 1 aromatic heterocycles. The largest absolute Gasteiger partial charge is 0.366 e. The Hall–Kier alpha value is -4.37.